The van der Waals surface area contributed by atoms with Gasteiger partial charge in [-0.3, -0.25) is 4.79 Å². The third kappa shape index (κ3) is 4.30. The highest BCUT2D eigenvalue weighted by Crippen LogP contribution is 2.16. The van der Waals surface area contributed by atoms with E-state index in [0.717, 1.165) is 29.8 Å². The molecule has 112 valence electrons. The molecule has 3 heteroatoms. The van der Waals surface area contributed by atoms with E-state index in [0.29, 0.717) is 12.5 Å². The minimum atomic E-state index is -0.0108. The summed E-state index contributed by atoms with van der Waals surface area (Å²) in [6.45, 7) is 7.97. The van der Waals surface area contributed by atoms with E-state index in [9.17, 15) is 4.79 Å². The summed E-state index contributed by atoms with van der Waals surface area (Å²) >= 11 is 0. The van der Waals surface area contributed by atoms with E-state index < -0.39 is 0 Å². The summed E-state index contributed by atoms with van der Waals surface area (Å²) in [6, 6.07) is 12.2. The number of benzene rings is 1. The molecule has 0 amide bonds. The van der Waals surface area contributed by atoms with Gasteiger partial charge in [-0.05, 0) is 36.1 Å². The standard InChI is InChI=1S/C18H24N2O/c1-4-14-5-7-15(8-6-14)17-10-9-16(18(21)20-17)12-19-11-13(2)3/h5-10,13,19H,4,11-12H2,1-3H3,(H,20,21). The molecule has 2 N–H and O–H groups in total. The highest BCUT2D eigenvalue weighted by molar-refractivity contribution is 5.59. The van der Waals surface area contributed by atoms with Gasteiger partial charge in [0.05, 0.1) is 0 Å². The van der Waals surface area contributed by atoms with Crippen LogP contribution in [0, 0.1) is 5.92 Å². The highest BCUT2D eigenvalue weighted by atomic mass is 16.1. The van der Waals surface area contributed by atoms with Gasteiger partial charge in [-0.2, -0.15) is 0 Å². The number of hydrogen-bond donors (Lipinski definition) is 2. The minimum Gasteiger partial charge on any atom is -0.322 e. The molecule has 0 aliphatic carbocycles. The van der Waals surface area contributed by atoms with Crippen LogP contribution in [-0.4, -0.2) is 11.5 Å². The maximum atomic E-state index is 12.1. The van der Waals surface area contributed by atoms with Crippen LogP contribution in [0.25, 0.3) is 11.3 Å². The summed E-state index contributed by atoms with van der Waals surface area (Å²) in [5, 5.41) is 3.30. The Labute approximate surface area is 126 Å². The molecule has 2 aromatic rings. The Bertz CT molecular complexity index is 626. The molecule has 2 rings (SSSR count). The second-order valence-electron chi connectivity index (χ2n) is 5.80. The van der Waals surface area contributed by atoms with Crippen LogP contribution >= 0.6 is 0 Å². The lowest BCUT2D eigenvalue weighted by atomic mass is 10.1. The number of rotatable bonds is 6. The van der Waals surface area contributed by atoms with Gasteiger partial charge in [0.15, 0.2) is 0 Å². The summed E-state index contributed by atoms with van der Waals surface area (Å²) < 4.78 is 0. The van der Waals surface area contributed by atoms with E-state index in [1.807, 2.05) is 12.1 Å². The van der Waals surface area contributed by atoms with E-state index in [-0.39, 0.29) is 5.56 Å². The number of hydrogen-bond acceptors (Lipinski definition) is 2. The third-order valence-electron chi connectivity index (χ3n) is 3.53. The summed E-state index contributed by atoms with van der Waals surface area (Å²) in [5.74, 6) is 0.584. The molecular formula is C18H24N2O. The molecule has 1 heterocycles. The zero-order valence-corrected chi connectivity index (χ0v) is 13.1. The fourth-order valence-corrected chi connectivity index (χ4v) is 2.23. The molecule has 1 aromatic heterocycles. The van der Waals surface area contributed by atoms with E-state index in [1.165, 1.54) is 5.56 Å². The Morgan fingerprint density at radius 1 is 1.10 bits per heavy atom. The number of aryl methyl sites for hydroxylation is 1. The van der Waals surface area contributed by atoms with Crippen molar-refractivity contribution in [1.29, 1.82) is 0 Å². The Kier molecular flexibility index (Phi) is 5.34. The summed E-state index contributed by atoms with van der Waals surface area (Å²) in [5.41, 5.74) is 3.99. The number of nitrogens with one attached hydrogen (secondary N) is 2. The topological polar surface area (TPSA) is 44.9 Å². The van der Waals surface area contributed by atoms with Crippen molar-refractivity contribution in [2.45, 2.75) is 33.7 Å². The van der Waals surface area contributed by atoms with Crippen molar-refractivity contribution in [1.82, 2.24) is 10.3 Å². The zero-order valence-electron chi connectivity index (χ0n) is 13.1. The molecule has 3 nitrogen and oxygen atoms in total. The zero-order chi connectivity index (χ0) is 15.2. The lowest BCUT2D eigenvalue weighted by molar-refractivity contribution is 0.551. The van der Waals surface area contributed by atoms with E-state index in [1.54, 1.807) is 0 Å². The molecule has 0 bridgehead atoms. The van der Waals surface area contributed by atoms with Gasteiger partial charge in [-0.15, -0.1) is 0 Å². The molecule has 0 aliphatic heterocycles. The third-order valence-corrected chi connectivity index (χ3v) is 3.53. The molecule has 0 unspecified atom stereocenters. The fraction of sp³-hybridized carbons (Fsp3) is 0.389. The first-order chi connectivity index (χ1) is 10.1. The van der Waals surface area contributed by atoms with Crippen LogP contribution in [0.5, 0.6) is 0 Å². The van der Waals surface area contributed by atoms with Crippen LogP contribution in [0.4, 0.5) is 0 Å². The average Bonchev–Trinajstić information content (AvgIpc) is 2.48. The van der Waals surface area contributed by atoms with Crippen LogP contribution in [0.2, 0.25) is 0 Å². The fourth-order valence-electron chi connectivity index (χ4n) is 2.23. The lowest BCUT2D eigenvalue weighted by Gasteiger charge is -2.08. The van der Waals surface area contributed by atoms with Crippen LogP contribution in [-0.2, 0) is 13.0 Å². The second-order valence-corrected chi connectivity index (χ2v) is 5.80. The van der Waals surface area contributed by atoms with E-state index in [2.05, 4.69) is 55.3 Å². The van der Waals surface area contributed by atoms with Gasteiger partial charge in [-0.1, -0.05) is 51.1 Å². The van der Waals surface area contributed by atoms with Crippen molar-refractivity contribution < 1.29 is 0 Å². The van der Waals surface area contributed by atoms with E-state index >= 15 is 0 Å². The normalized spacial score (nSPS) is 11.0. The van der Waals surface area contributed by atoms with Crippen molar-refractivity contribution in [2.75, 3.05) is 6.54 Å². The molecule has 21 heavy (non-hydrogen) atoms. The minimum absolute atomic E-state index is 0.0108. The summed E-state index contributed by atoms with van der Waals surface area (Å²) in [4.78, 5) is 15.1. The van der Waals surface area contributed by atoms with Crippen molar-refractivity contribution in [2.24, 2.45) is 5.92 Å². The van der Waals surface area contributed by atoms with Crippen LogP contribution in [0.3, 0.4) is 0 Å². The predicted molar refractivity (Wildman–Crippen MR) is 88.4 cm³/mol. The van der Waals surface area contributed by atoms with Crippen LogP contribution in [0.1, 0.15) is 31.9 Å². The van der Waals surface area contributed by atoms with Gasteiger partial charge in [0, 0.05) is 17.8 Å². The Morgan fingerprint density at radius 3 is 2.38 bits per heavy atom. The highest BCUT2D eigenvalue weighted by Gasteiger charge is 2.04. The monoisotopic (exact) mass is 284 g/mol. The number of H-pyrrole nitrogens is 1. The maximum Gasteiger partial charge on any atom is 0.252 e. The first kappa shape index (κ1) is 15.5. The molecule has 0 aliphatic rings. The van der Waals surface area contributed by atoms with Gasteiger partial charge in [0.2, 0.25) is 0 Å². The van der Waals surface area contributed by atoms with Crippen molar-refractivity contribution in [3.05, 3.63) is 57.9 Å². The number of pyridine rings is 1. The van der Waals surface area contributed by atoms with Gasteiger partial charge in [0.1, 0.15) is 0 Å². The Balaban J connectivity index is 2.12. The Morgan fingerprint density at radius 2 is 1.81 bits per heavy atom. The molecule has 0 atom stereocenters. The molecule has 0 radical (unpaired) electrons. The molecule has 0 spiro atoms. The second kappa shape index (κ2) is 7.23. The van der Waals surface area contributed by atoms with Crippen LogP contribution in [0.15, 0.2) is 41.2 Å². The average molecular weight is 284 g/mol. The first-order valence-corrected chi connectivity index (χ1v) is 7.62. The summed E-state index contributed by atoms with van der Waals surface area (Å²) in [7, 11) is 0. The molecule has 0 saturated heterocycles. The SMILES string of the molecule is CCc1ccc(-c2ccc(CNCC(C)C)c(=O)[nH]2)cc1. The van der Waals surface area contributed by atoms with E-state index in [4.69, 9.17) is 0 Å². The lowest BCUT2D eigenvalue weighted by Crippen LogP contribution is -2.24. The summed E-state index contributed by atoms with van der Waals surface area (Å²) in [6.07, 6.45) is 1.03. The van der Waals surface area contributed by atoms with Gasteiger partial charge in [0.25, 0.3) is 5.56 Å². The van der Waals surface area contributed by atoms with Crippen molar-refractivity contribution in [3.8, 4) is 11.3 Å². The Hall–Kier alpha value is -1.87. The number of aromatic nitrogens is 1. The van der Waals surface area contributed by atoms with Gasteiger partial charge >= 0.3 is 0 Å². The van der Waals surface area contributed by atoms with Gasteiger partial charge < -0.3 is 10.3 Å². The maximum absolute atomic E-state index is 12.1. The number of aromatic amines is 1. The van der Waals surface area contributed by atoms with Crippen molar-refractivity contribution in [3.63, 3.8) is 0 Å². The quantitative estimate of drug-likeness (QED) is 0.854. The van der Waals surface area contributed by atoms with Crippen LogP contribution < -0.4 is 10.9 Å². The molecular weight excluding hydrogens is 260 g/mol. The molecule has 0 saturated carbocycles. The largest absolute Gasteiger partial charge is 0.322 e. The molecule has 1 aromatic carbocycles. The van der Waals surface area contributed by atoms with Crippen molar-refractivity contribution >= 4 is 0 Å². The smallest absolute Gasteiger partial charge is 0.252 e. The molecule has 0 fully saturated rings. The first-order valence-electron chi connectivity index (χ1n) is 7.62. The predicted octanol–water partition coefficient (Wildman–Crippen LogP) is 3.35. The van der Waals surface area contributed by atoms with Gasteiger partial charge in [-0.25, -0.2) is 0 Å².